The number of ether oxygens (including phenoxy) is 2. The van der Waals surface area contributed by atoms with Gasteiger partial charge in [0.2, 0.25) is 0 Å². The van der Waals surface area contributed by atoms with Crippen LogP contribution in [0.15, 0.2) is 34.7 Å². The van der Waals surface area contributed by atoms with Gasteiger partial charge in [0.1, 0.15) is 17.3 Å². The van der Waals surface area contributed by atoms with Gasteiger partial charge in [-0.25, -0.2) is 0 Å². The zero-order chi connectivity index (χ0) is 23.9. The third-order valence-electron chi connectivity index (χ3n) is 10.4. The lowest BCUT2D eigenvalue weighted by atomic mass is 9.40. The monoisotopic (exact) mass is 491 g/mol. The number of rotatable bonds is 5. The van der Waals surface area contributed by atoms with Crippen LogP contribution in [-0.2, 0) is 22.2 Å². The van der Waals surface area contributed by atoms with Crippen LogP contribution in [0.5, 0.6) is 11.5 Å². The zero-order valence-electron chi connectivity index (χ0n) is 20.6. The molecule has 1 aromatic heterocycles. The van der Waals surface area contributed by atoms with Crippen molar-refractivity contribution in [2.45, 2.75) is 74.7 Å². The topological polar surface area (TPSA) is 62.2 Å². The third kappa shape index (κ3) is 2.32. The van der Waals surface area contributed by atoms with Crippen LogP contribution in [-0.4, -0.2) is 53.1 Å². The number of phenolic OH excluding ortho intramolecular Hbond substituents is 1. The van der Waals surface area contributed by atoms with Gasteiger partial charge in [0.25, 0.3) is 0 Å². The van der Waals surface area contributed by atoms with Crippen molar-refractivity contribution in [3.8, 4) is 11.5 Å². The maximum absolute atomic E-state index is 12.3. The number of thiophene rings is 1. The van der Waals surface area contributed by atoms with Crippen LogP contribution in [0.2, 0.25) is 0 Å². The van der Waals surface area contributed by atoms with Gasteiger partial charge < -0.3 is 19.7 Å². The SMILES string of the molecule is CO[C@@]12CC(=C3[C@H]4Cc5ccc(O)c6c5[C@@]3(CCN4CC3CC3)[C@H]1O6)[C@@H]2[C@](C)(O)c1sccc1C. The fraction of sp³-hybridized carbons (Fsp3) is 0.586. The Morgan fingerprint density at radius 2 is 2.11 bits per heavy atom. The van der Waals surface area contributed by atoms with Crippen LogP contribution in [0.1, 0.15) is 54.2 Å². The lowest BCUT2D eigenvalue weighted by molar-refractivity contribution is -0.227. The zero-order valence-corrected chi connectivity index (χ0v) is 21.5. The van der Waals surface area contributed by atoms with Gasteiger partial charge in [-0.1, -0.05) is 11.6 Å². The predicted molar refractivity (Wildman–Crippen MR) is 134 cm³/mol. The first kappa shape index (κ1) is 21.2. The number of hydrogen-bond acceptors (Lipinski definition) is 6. The summed E-state index contributed by atoms with van der Waals surface area (Å²) < 4.78 is 13.3. The van der Waals surface area contributed by atoms with Crippen LogP contribution in [0.3, 0.4) is 0 Å². The molecule has 4 aliphatic carbocycles. The number of piperidine rings is 1. The summed E-state index contributed by atoms with van der Waals surface area (Å²) in [6, 6.07) is 6.37. The Kier molecular flexibility index (Phi) is 3.96. The minimum absolute atomic E-state index is 0.160. The number of hydrogen-bond donors (Lipinski definition) is 2. The molecule has 3 heterocycles. The van der Waals surface area contributed by atoms with Crippen molar-refractivity contribution in [3.05, 3.63) is 56.3 Å². The summed E-state index contributed by atoms with van der Waals surface area (Å²) in [5.41, 5.74) is 4.61. The minimum atomic E-state index is -1.05. The summed E-state index contributed by atoms with van der Waals surface area (Å²) in [4.78, 5) is 3.75. The number of fused-ring (bicyclic) bond motifs is 3. The van der Waals surface area contributed by atoms with Crippen molar-refractivity contribution in [3.63, 3.8) is 0 Å². The van der Waals surface area contributed by atoms with E-state index in [4.69, 9.17) is 9.47 Å². The van der Waals surface area contributed by atoms with Crippen LogP contribution in [0, 0.1) is 18.8 Å². The molecule has 35 heavy (non-hydrogen) atoms. The molecule has 8 rings (SSSR count). The molecule has 2 N–H and O–H groups in total. The Labute approximate surface area is 210 Å². The van der Waals surface area contributed by atoms with E-state index in [0.717, 1.165) is 42.2 Å². The Morgan fingerprint density at radius 1 is 1.29 bits per heavy atom. The van der Waals surface area contributed by atoms with Crippen molar-refractivity contribution < 1.29 is 19.7 Å². The molecular weight excluding hydrogens is 458 g/mol. The molecule has 6 atom stereocenters. The molecule has 3 fully saturated rings. The molecule has 0 radical (unpaired) electrons. The molecule has 5 nitrogen and oxygen atoms in total. The van der Waals surface area contributed by atoms with E-state index in [2.05, 4.69) is 29.3 Å². The summed E-state index contributed by atoms with van der Waals surface area (Å²) in [5.74, 6) is 1.57. The van der Waals surface area contributed by atoms with E-state index >= 15 is 0 Å². The van der Waals surface area contributed by atoms with E-state index in [1.165, 1.54) is 41.7 Å². The smallest absolute Gasteiger partial charge is 0.166 e. The molecule has 184 valence electrons. The molecule has 2 saturated carbocycles. The van der Waals surface area contributed by atoms with Crippen molar-refractivity contribution in [2.24, 2.45) is 11.8 Å². The molecule has 6 aliphatic rings. The van der Waals surface area contributed by atoms with E-state index in [1.807, 2.05) is 13.0 Å². The second-order valence-corrected chi connectivity index (χ2v) is 13.0. The minimum Gasteiger partial charge on any atom is -0.504 e. The lowest BCUT2D eigenvalue weighted by Crippen LogP contribution is -2.77. The van der Waals surface area contributed by atoms with Crippen molar-refractivity contribution in [1.82, 2.24) is 4.90 Å². The summed E-state index contributed by atoms with van der Waals surface area (Å²) >= 11 is 1.64. The molecule has 1 spiro atoms. The highest BCUT2D eigenvalue weighted by Gasteiger charge is 2.78. The van der Waals surface area contributed by atoms with Gasteiger partial charge in [-0.2, -0.15) is 0 Å². The molecule has 2 aromatic rings. The van der Waals surface area contributed by atoms with E-state index in [-0.39, 0.29) is 23.2 Å². The van der Waals surface area contributed by atoms with Crippen molar-refractivity contribution in [1.29, 1.82) is 0 Å². The molecule has 2 aliphatic heterocycles. The molecule has 0 amide bonds. The number of aromatic hydroxyl groups is 1. The van der Waals surface area contributed by atoms with E-state index in [9.17, 15) is 10.2 Å². The fourth-order valence-corrected chi connectivity index (χ4v) is 9.98. The second kappa shape index (κ2) is 6.52. The van der Waals surface area contributed by atoms with E-state index < -0.39 is 11.2 Å². The van der Waals surface area contributed by atoms with E-state index in [1.54, 1.807) is 18.4 Å². The predicted octanol–water partition coefficient (Wildman–Crippen LogP) is 4.42. The Bertz CT molecular complexity index is 1310. The van der Waals surface area contributed by atoms with Crippen LogP contribution in [0.4, 0.5) is 0 Å². The molecular formula is C29H33NO4S. The molecule has 1 aromatic carbocycles. The summed E-state index contributed by atoms with van der Waals surface area (Å²) in [6.07, 6.45) is 5.20. The lowest BCUT2D eigenvalue weighted by Gasteiger charge is -2.69. The molecule has 0 unspecified atom stereocenters. The highest BCUT2D eigenvalue weighted by molar-refractivity contribution is 7.10. The van der Waals surface area contributed by atoms with Gasteiger partial charge in [0, 0.05) is 49.0 Å². The highest BCUT2D eigenvalue weighted by Crippen LogP contribution is 2.74. The van der Waals surface area contributed by atoms with Crippen LogP contribution < -0.4 is 4.74 Å². The standard InChI is InChI=1S/C29H33NO4S/c1-15-8-11-35-25(15)27(2,32)24-18-13-29(24,33-3)26-28-9-10-30(14-16-4-5-16)19(22(18)28)12-17-6-7-20(31)23(34-26)21(17)28/h6-8,11,16,19,24,26,31-32H,4-5,9-10,12-14H2,1-3H3/t19-,24-,26-,27+,28-,29-/m1/s1. The summed E-state index contributed by atoms with van der Waals surface area (Å²) in [7, 11) is 1.79. The summed E-state index contributed by atoms with van der Waals surface area (Å²) in [6.45, 7) is 6.29. The Balaban J connectivity index is 1.38. The maximum Gasteiger partial charge on any atom is 0.166 e. The van der Waals surface area contributed by atoms with Gasteiger partial charge in [-0.15, -0.1) is 11.3 Å². The Hall–Kier alpha value is -1.86. The van der Waals surface area contributed by atoms with Gasteiger partial charge >= 0.3 is 0 Å². The first-order valence-corrected chi connectivity index (χ1v) is 14.0. The number of benzene rings is 1. The summed E-state index contributed by atoms with van der Waals surface area (Å²) in [5, 5.41) is 25.2. The average Bonchev–Trinajstić information content (AvgIpc) is 3.40. The van der Waals surface area contributed by atoms with Gasteiger partial charge in [-0.3, -0.25) is 4.90 Å². The quantitative estimate of drug-likeness (QED) is 0.606. The molecule has 4 bridgehead atoms. The Morgan fingerprint density at radius 3 is 2.83 bits per heavy atom. The maximum atomic E-state index is 12.3. The third-order valence-corrected chi connectivity index (χ3v) is 11.6. The van der Waals surface area contributed by atoms with Gasteiger partial charge in [-0.05, 0) is 79.7 Å². The van der Waals surface area contributed by atoms with Crippen molar-refractivity contribution in [2.75, 3.05) is 20.2 Å². The first-order valence-electron chi connectivity index (χ1n) is 13.1. The largest absolute Gasteiger partial charge is 0.504 e. The van der Waals surface area contributed by atoms with Gasteiger partial charge in [0.05, 0.1) is 5.41 Å². The first-order chi connectivity index (χ1) is 16.8. The number of aryl methyl sites for hydroxylation is 1. The number of phenols is 1. The normalized spacial score (nSPS) is 38.0. The number of methoxy groups -OCH3 is 1. The molecule has 6 heteroatoms. The number of likely N-dealkylation sites (tertiary alicyclic amines) is 1. The fourth-order valence-electron chi connectivity index (χ4n) is 8.97. The van der Waals surface area contributed by atoms with Crippen molar-refractivity contribution >= 4 is 11.3 Å². The van der Waals surface area contributed by atoms with E-state index in [0.29, 0.717) is 11.8 Å². The average molecular weight is 492 g/mol. The number of aliphatic hydroxyl groups is 1. The van der Waals surface area contributed by atoms with Crippen LogP contribution >= 0.6 is 11.3 Å². The second-order valence-electron chi connectivity index (χ2n) is 12.1. The van der Waals surface area contributed by atoms with Gasteiger partial charge in [0.15, 0.2) is 11.5 Å². The van der Waals surface area contributed by atoms with Crippen LogP contribution in [0.25, 0.3) is 0 Å². The number of nitrogens with zero attached hydrogens (tertiary/aromatic N) is 1. The molecule has 1 saturated heterocycles. The highest BCUT2D eigenvalue weighted by atomic mass is 32.1.